The summed E-state index contributed by atoms with van der Waals surface area (Å²) in [6, 6.07) is 10.3. The monoisotopic (exact) mass is 419 g/mol. The molecule has 0 radical (unpaired) electrons. The number of carbonyl (C=O) groups is 1. The maximum Gasteiger partial charge on any atom is 0.257 e. The van der Waals surface area contributed by atoms with Crippen molar-refractivity contribution in [3.63, 3.8) is 0 Å². The van der Waals surface area contributed by atoms with Crippen LogP contribution in [0.25, 0.3) is 11.1 Å². The molecule has 7 nitrogen and oxygen atoms in total. The van der Waals surface area contributed by atoms with Gasteiger partial charge >= 0.3 is 0 Å². The standard InChI is InChI=1S/C19H21N3O4S2/c1-12-6-5-7-13(2)18(12)21-17(23)11-27-19-20-15-10-14(8-9-16(15)26-19)28(24,25)22(3)4/h5-10H,11H2,1-4H3,(H,21,23). The third-order valence-electron chi connectivity index (χ3n) is 4.19. The molecule has 3 rings (SSSR count). The maximum atomic E-state index is 12.3. The molecule has 0 unspecified atom stereocenters. The normalized spacial score (nSPS) is 11.9. The van der Waals surface area contributed by atoms with Gasteiger partial charge in [-0.1, -0.05) is 30.0 Å². The maximum absolute atomic E-state index is 12.3. The fourth-order valence-electron chi connectivity index (χ4n) is 2.63. The Morgan fingerprint density at radius 3 is 2.50 bits per heavy atom. The summed E-state index contributed by atoms with van der Waals surface area (Å²) >= 11 is 1.16. The molecule has 9 heteroatoms. The molecule has 0 aliphatic carbocycles. The van der Waals surface area contributed by atoms with E-state index in [0.29, 0.717) is 16.3 Å². The second kappa shape index (κ2) is 7.94. The number of oxazole rings is 1. The van der Waals surface area contributed by atoms with Crippen LogP contribution in [0.15, 0.2) is 50.9 Å². The summed E-state index contributed by atoms with van der Waals surface area (Å²) < 4.78 is 31.2. The number of aromatic nitrogens is 1. The second-order valence-corrected chi connectivity index (χ2v) is 9.58. The highest BCUT2D eigenvalue weighted by Gasteiger charge is 2.19. The van der Waals surface area contributed by atoms with Gasteiger partial charge in [0.2, 0.25) is 15.9 Å². The molecule has 0 saturated carbocycles. The zero-order valence-electron chi connectivity index (χ0n) is 16.0. The number of hydrogen-bond acceptors (Lipinski definition) is 6. The third kappa shape index (κ3) is 4.21. The van der Waals surface area contributed by atoms with Crippen LogP contribution in [0, 0.1) is 13.8 Å². The van der Waals surface area contributed by atoms with Crippen molar-refractivity contribution in [2.24, 2.45) is 0 Å². The predicted octanol–water partition coefficient (Wildman–Crippen LogP) is 3.43. The van der Waals surface area contributed by atoms with Crippen LogP contribution in [0.5, 0.6) is 0 Å². The number of anilines is 1. The summed E-state index contributed by atoms with van der Waals surface area (Å²) in [6.07, 6.45) is 0. The molecule has 28 heavy (non-hydrogen) atoms. The molecule has 1 heterocycles. The summed E-state index contributed by atoms with van der Waals surface area (Å²) in [4.78, 5) is 16.7. The topological polar surface area (TPSA) is 92.5 Å². The molecule has 0 fully saturated rings. The van der Waals surface area contributed by atoms with E-state index in [1.807, 2.05) is 32.0 Å². The summed E-state index contributed by atoms with van der Waals surface area (Å²) in [5, 5.41) is 3.22. The first-order chi connectivity index (χ1) is 13.2. The van der Waals surface area contributed by atoms with E-state index in [4.69, 9.17) is 4.42 Å². The number of carbonyl (C=O) groups excluding carboxylic acids is 1. The van der Waals surface area contributed by atoms with Crippen molar-refractivity contribution in [1.29, 1.82) is 0 Å². The Hall–Kier alpha value is -2.36. The van der Waals surface area contributed by atoms with E-state index in [1.165, 1.54) is 26.2 Å². The summed E-state index contributed by atoms with van der Waals surface area (Å²) in [7, 11) is -0.606. The second-order valence-electron chi connectivity index (χ2n) is 6.50. The number of amides is 1. The fourth-order valence-corrected chi connectivity index (χ4v) is 4.19. The minimum atomic E-state index is -3.55. The lowest BCUT2D eigenvalue weighted by molar-refractivity contribution is -0.113. The number of benzene rings is 2. The molecule has 148 valence electrons. The van der Waals surface area contributed by atoms with Crippen molar-refractivity contribution in [1.82, 2.24) is 9.29 Å². The molecule has 0 aliphatic rings. The number of rotatable bonds is 6. The first kappa shape index (κ1) is 20.4. The van der Waals surface area contributed by atoms with Crippen LogP contribution in [0.1, 0.15) is 11.1 Å². The quantitative estimate of drug-likeness (QED) is 0.616. The fraction of sp³-hybridized carbons (Fsp3) is 0.263. The molecule has 2 aromatic carbocycles. The van der Waals surface area contributed by atoms with E-state index < -0.39 is 10.0 Å². The Bertz CT molecular complexity index is 1120. The van der Waals surface area contributed by atoms with Crippen molar-refractivity contribution in [3.8, 4) is 0 Å². The number of sulfonamides is 1. The van der Waals surface area contributed by atoms with Gasteiger partial charge in [-0.05, 0) is 43.2 Å². The number of nitrogens with one attached hydrogen (secondary N) is 1. The van der Waals surface area contributed by atoms with Gasteiger partial charge in [-0.2, -0.15) is 0 Å². The highest BCUT2D eigenvalue weighted by Crippen LogP contribution is 2.27. The molecule has 0 bridgehead atoms. The van der Waals surface area contributed by atoms with Gasteiger partial charge in [0, 0.05) is 19.8 Å². The van der Waals surface area contributed by atoms with Gasteiger partial charge < -0.3 is 9.73 Å². The Kier molecular flexibility index (Phi) is 5.78. The van der Waals surface area contributed by atoms with Crippen LogP contribution < -0.4 is 5.32 Å². The van der Waals surface area contributed by atoms with Crippen LogP contribution in [-0.4, -0.2) is 43.5 Å². The van der Waals surface area contributed by atoms with Crippen LogP contribution in [-0.2, 0) is 14.8 Å². The Morgan fingerprint density at radius 2 is 1.86 bits per heavy atom. The average molecular weight is 420 g/mol. The van der Waals surface area contributed by atoms with E-state index in [0.717, 1.165) is 32.9 Å². The van der Waals surface area contributed by atoms with E-state index >= 15 is 0 Å². The average Bonchev–Trinajstić information content (AvgIpc) is 3.05. The highest BCUT2D eigenvalue weighted by molar-refractivity contribution is 7.99. The summed E-state index contributed by atoms with van der Waals surface area (Å²) in [6.45, 7) is 3.88. The van der Waals surface area contributed by atoms with E-state index in [2.05, 4.69) is 10.3 Å². The van der Waals surface area contributed by atoms with Gasteiger partial charge in [0.1, 0.15) is 5.52 Å². The van der Waals surface area contributed by atoms with E-state index in [-0.39, 0.29) is 16.6 Å². The van der Waals surface area contributed by atoms with Gasteiger partial charge in [-0.15, -0.1) is 0 Å². The predicted molar refractivity (Wildman–Crippen MR) is 110 cm³/mol. The molecular formula is C19H21N3O4S2. The van der Waals surface area contributed by atoms with Crippen molar-refractivity contribution in [2.45, 2.75) is 24.0 Å². The van der Waals surface area contributed by atoms with Gasteiger partial charge in [0.15, 0.2) is 5.58 Å². The molecule has 1 N–H and O–H groups in total. The molecule has 0 spiro atoms. The van der Waals surface area contributed by atoms with E-state index in [1.54, 1.807) is 6.07 Å². The molecule has 0 atom stereocenters. The Labute approximate surface area is 168 Å². The van der Waals surface area contributed by atoms with Crippen LogP contribution in [0.3, 0.4) is 0 Å². The number of aryl methyl sites for hydroxylation is 2. The van der Waals surface area contributed by atoms with Gasteiger partial charge in [-0.25, -0.2) is 17.7 Å². The van der Waals surface area contributed by atoms with E-state index in [9.17, 15) is 13.2 Å². The van der Waals surface area contributed by atoms with Crippen molar-refractivity contribution >= 4 is 44.5 Å². The number of hydrogen-bond donors (Lipinski definition) is 1. The largest absolute Gasteiger partial charge is 0.431 e. The molecule has 3 aromatic rings. The van der Waals surface area contributed by atoms with Crippen LogP contribution >= 0.6 is 11.8 Å². The molecule has 1 aromatic heterocycles. The molecule has 0 aliphatic heterocycles. The van der Waals surface area contributed by atoms with Gasteiger partial charge in [0.25, 0.3) is 5.22 Å². The third-order valence-corrected chi connectivity index (χ3v) is 6.83. The van der Waals surface area contributed by atoms with Gasteiger partial charge in [-0.3, -0.25) is 4.79 Å². The number of thioether (sulfide) groups is 1. The first-order valence-corrected chi connectivity index (χ1v) is 10.9. The Balaban J connectivity index is 1.72. The Morgan fingerprint density at radius 1 is 1.18 bits per heavy atom. The number of fused-ring (bicyclic) bond motifs is 1. The SMILES string of the molecule is Cc1cccc(C)c1NC(=O)CSc1nc2cc(S(=O)(=O)N(C)C)ccc2o1. The molecule has 0 saturated heterocycles. The lowest BCUT2D eigenvalue weighted by atomic mass is 10.1. The highest BCUT2D eigenvalue weighted by atomic mass is 32.2. The molecule has 1 amide bonds. The zero-order chi connectivity index (χ0) is 20.5. The summed E-state index contributed by atoms with van der Waals surface area (Å²) in [5.41, 5.74) is 3.70. The minimum Gasteiger partial charge on any atom is -0.431 e. The lowest BCUT2D eigenvalue weighted by Crippen LogP contribution is -2.22. The summed E-state index contributed by atoms with van der Waals surface area (Å²) in [5.74, 6) is -0.0378. The minimum absolute atomic E-state index is 0.128. The van der Waals surface area contributed by atoms with Gasteiger partial charge in [0.05, 0.1) is 10.6 Å². The number of para-hydroxylation sites is 1. The smallest absolute Gasteiger partial charge is 0.257 e. The van der Waals surface area contributed by atoms with Crippen molar-refractivity contribution in [3.05, 3.63) is 47.5 Å². The van der Waals surface area contributed by atoms with Crippen LogP contribution in [0.2, 0.25) is 0 Å². The molecular weight excluding hydrogens is 398 g/mol. The lowest BCUT2D eigenvalue weighted by Gasteiger charge is -2.10. The van der Waals surface area contributed by atoms with Crippen molar-refractivity contribution in [2.75, 3.05) is 25.2 Å². The van der Waals surface area contributed by atoms with Crippen molar-refractivity contribution < 1.29 is 17.6 Å². The van der Waals surface area contributed by atoms with Crippen LogP contribution in [0.4, 0.5) is 5.69 Å². The zero-order valence-corrected chi connectivity index (χ0v) is 17.6. The number of nitrogens with zero attached hydrogens (tertiary/aromatic N) is 2. The first-order valence-electron chi connectivity index (χ1n) is 8.50.